The van der Waals surface area contributed by atoms with E-state index in [-0.39, 0.29) is 23.5 Å². The third kappa shape index (κ3) is 4.97. The number of amides is 1. The Morgan fingerprint density at radius 2 is 1.82 bits per heavy atom. The number of hydrogen-bond donors (Lipinski definition) is 2. The topological polar surface area (TPSA) is 93.4 Å². The summed E-state index contributed by atoms with van der Waals surface area (Å²) in [6.07, 6.45) is -5.24. The molecule has 0 aliphatic carbocycles. The summed E-state index contributed by atoms with van der Waals surface area (Å²) in [7, 11) is 0. The van der Waals surface area contributed by atoms with Gasteiger partial charge in [0.15, 0.2) is 5.82 Å². The van der Waals surface area contributed by atoms with E-state index in [1.54, 1.807) is 63.2 Å². The molecule has 4 aromatic rings. The number of carbonyl (C=O) groups is 1. The second-order valence-corrected chi connectivity index (χ2v) is 8.31. The van der Waals surface area contributed by atoms with E-state index in [0.29, 0.717) is 11.2 Å². The molecule has 172 valence electrons. The van der Waals surface area contributed by atoms with Crippen LogP contribution in [0.4, 0.5) is 29.5 Å². The Labute approximate surface area is 186 Å². The van der Waals surface area contributed by atoms with Gasteiger partial charge >= 0.3 is 12.3 Å². The number of aromatic nitrogens is 4. The Morgan fingerprint density at radius 3 is 2.55 bits per heavy atom. The van der Waals surface area contributed by atoms with Gasteiger partial charge in [0.1, 0.15) is 5.60 Å². The van der Waals surface area contributed by atoms with E-state index in [4.69, 9.17) is 4.74 Å². The third-order valence-electron chi connectivity index (χ3n) is 4.51. The van der Waals surface area contributed by atoms with Crippen LogP contribution in [0.5, 0.6) is 0 Å². The summed E-state index contributed by atoms with van der Waals surface area (Å²) in [6, 6.07) is 13.5. The predicted octanol–water partition coefficient (Wildman–Crippen LogP) is 5.06. The van der Waals surface area contributed by atoms with Crippen LogP contribution in [0.1, 0.15) is 32.2 Å². The maximum absolute atomic E-state index is 13.5. The van der Waals surface area contributed by atoms with Crippen LogP contribution in [0.3, 0.4) is 0 Å². The van der Waals surface area contributed by atoms with Gasteiger partial charge in [-0.05, 0) is 50.6 Å². The minimum Gasteiger partial charge on any atom is -0.444 e. The zero-order chi connectivity index (χ0) is 23.8. The van der Waals surface area contributed by atoms with E-state index in [9.17, 15) is 18.0 Å². The summed E-state index contributed by atoms with van der Waals surface area (Å²) >= 11 is 0. The molecule has 2 heterocycles. The third-order valence-corrected chi connectivity index (χ3v) is 4.51. The van der Waals surface area contributed by atoms with Crippen LogP contribution >= 0.6 is 0 Å². The zero-order valence-electron chi connectivity index (χ0n) is 18.1. The van der Waals surface area contributed by atoms with Gasteiger partial charge in [0.25, 0.3) is 0 Å². The first-order valence-electron chi connectivity index (χ1n) is 10.1. The Balaban J connectivity index is 1.65. The van der Waals surface area contributed by atoms with Crippen molar-refractivity contribution in [3.05, 3.63) is 59.9 Å². The van der Waals surface area contributed by atoms with Gasteiger partial charge in [0.05, 0.1) is 11.0 Å². The van der Waals surface area contributed by atoms with Crippen molar-refractivity contribution in [3.63, 3.8) is 0 Å². The van der Waals surface area contributed by atoms with Crippen LogP contribution in [-0.2, 0) is 17.5 Å². The van der Waals surface area contributed by atoms with Gasteiger partial charge in [-0.25, -0.2) is 9.78 Å². The molecule has 0 aliphatic rings. The van der Waals surface area contributed by atoms with Gasteiger partial charge in [-0.1, -0.05) is 24.3 Å². The van der Waals surface area contributed by atoms with Crippen LogP contribution in [0, 0.1) is 0 Å². The van der Waals surface area contributed by atoms with E-state index in [1.807, 2.05) is 0 Å². The van der Waals surface area contributed by atoms with Crippen LogP contribution in [0.2, 0.25) is 0 Å². The average molecular weight is 458 g/mol. The summed E-state index contributed by atoms with van der Waals surface area (Å²) in [6.45, 7) is 5.50. The second-order valence-electron chi connectivity index (χ2n) is 8.31. The highest BCUT2D eigenvalue weighted by Crippen LogP contribution is 2.32. The lowest BCUT2D eigenvalue weighted by Gasteiger charge is -2.19. The molecule has 33 heavy (non-hydrogen) atoms. The van der Waals surface area contributed by atoms with Crippen LogP contribution < -0.4 is 10.6 Å². The lowest BCUT2D eigenvalue weighted by Crippen LogP contribution is -2.32. The fraction of sp³-hybridized carbons (Fsp3) is 0.273. The number of alkyl halides is 3. The van der Waals surface area contributed by atoms with E-state index in [1.165, 1.54) is 6.07 Å². The lowest BCUT2D eigenvalue weighted by atomic mass is 10.2. The molecule has 0 spiro atoms. The van der Waals surface area contributed by atoms with E-state index >= 15 is 0 Å². The highest BCUT2D eigenvalue weighted by Gasteiger charge is 2.38. The Morgan fingerprint density at radius 1 is 1.06 bits per heavy atom. The first-order valence-corrected chi connectivity index (χ1v) is 10.1. The number of para-hydroxylation sites is 2. The summed E-state index contributed by atoms with van der Waals surface area (Å²) in [5.41, 5.74) is 1.22. The van der Waals surface area contributed by atoms with Crippen molar-refractivity contribution in [2.24, 2.45) is 0 Å². The molecule has 0 saturated carbocycles. The Kier molecular flexibility index (Phi) is 5.56. The largest absolute Gasteiger partial charge is 0.452 e. The number of alkyl carbamates (subject to hydrolysis) is 1. The highest BCUT2D eigenvalue weighted by atomic mass is 19.4. The molecule has 0 atom stereocenters. The molecule has 8 nitrogen and oxygen atoms in total. The second kappa shape index (κ2) is 8.23. The van der Waals surface area contributed by atoms with Gasteiger partial charge in [0, 0.05) is 12.2 Å². The molecule has 11 heteroatoms. The number of nitrogens with zero attached hydrogens (tertiary/aromatic N) is 4. The molecule has 0 fully saturated rings. The maximum Gasteiger partial charge on any atom is 0.452 e. The minimum atomic E-state index is -4.69. The van der Waals surface area contributed by atoms with E-state index in [2.05, 4.69) is 25.8 Å². The molecule has 0 unspecified atom stereocenters. The number of nitrogens with one attached hydrogen (secondary N) is 2. The van der Waals surface area contributed by atoms with Crippen molar-refractivity contribution in [1.82, 2.24) is 24.9 Å². The number of benzene rings is 2. The number of anilines is 2. The number of halogens is 3. The summed E-state index contributed by atoms with van der Waals surface area (Å²) in [5, 5.41) is 12.8. The van der Waals surface area contributed by atoms with Gasteiger partial charge in [-0.2, -0.15) is 13.2 Å². The van der Waals surface area contributed by atoms with Crippen molar-refractivity contribution >= 4 is 34.3 Å². The smallest absolute Gasteiger partial charge is 0.444 e. The fourth-order valence-corrected chi connectivity index (χ4v) is 3.24. The molecule has 0 bridgehead atoms. The standard InChI is InChI=1S/C22H21F3N6O2/c1-21(2,3)33-20(32)26-12-13-7-6-8-14(11-13)27-17-18-29-30-19(22(23,24)25)31(18)16-10-5-4-9-15(16)28-17/h4-11H,12H2,1-3H3,(H,26,32)(H,27,28). The van der Waals surface area contributed by atoms with Crippen LogP contribution in [0.25, 0.3) is 16.7 Å². The lowest BCUT2D eigenvalue weighted by molar-refractivity contribution is -0.145. The molecule has 0 saturated heterocycles. The minimum absolute atomic E-state index is 0.0571. The first-order chi connectivity index (χ1) is 15.5. The van der Waals surface area contributed by atoms with Crippen molar-refractivity contribution in [3.8, 4) is 0 Å². The SMILES string of the molecule is CC(C)(C)OC(=O)NCc1cccc(Nc2nc3ccccc3n3c(C(F)(F)F)nnc23)c1. The Bertz CT molecular complexity index is 1330. The maximum atomic E-state index is 13.5. The molecule has 2 aromatic heterocycles. The summed E-state index contributed by atoms with van der Waals surface area (Å²) in [5.74, 6) is -1.01. The highest BCUT2D eigenvalue weighted by molar-refractivity contribution is 5.84. The van der Waals surface area contributed by atoms with Crippen molar-refractivity contribution in [1.29, 1.82) is 0 Å². The molecule has 2 aromatic carbocycles. The van der Waals surface area contributed by atoms with Crippen molar-refractivity contribution < 1.29 is 22.7 Å². The molecular formula is C22H21F3N6O2. The molecule has 0 aliphatic heterocycles. The summed E-state index contributed by atoms with van der Waals surface area (Å²) < 4.78 is 46.8. The predicted molar refractivity (Wildman–Crippen MR) is 116 cm³/mol. The van der Waals surface area contributed by atoms with Crippen LogP contribution in [0.15, 0.2) is 48.5 Å². The molecule has 2 N–H and O–H groups in total. The monoisotopic (exact) mass is 458 g/mol. The molecule has 4 rings (SSSR count). The van der Waals surface area contributed by atoms with Crippen LogP contribution in [-0.4, -0.2) is 31.3 Å². The quantitative estimate of drug-likeness (QED) is 0.444. The first kappa shape index (κ1) is 22.3. The number of carbonyl (C=O) groups excluding carboxylic acids is 1. The number of hydrogen-bond acceptors (Lipinski definition) is 6. The fourth-order valence-electron chi connectivity index (χ4n) is 3.24. The van der Waals surface area contributed by atoms with E-state index in [0.717, 1.165) is 9.96 Å². The number of ether oxygens (including phenoxy) is 1. The van der Waals surface area contributed by atoms with Gasteiger partial charge in [0.2, 0.25) is 11.5 Å². The molecule has 0 radical (unpaired) electrons. The average Bonchev–Trinajstić information content (AvgIpc) is 3.18. The van der Waals surface area contributed by atoms with Crippen molar-refractivity contribution in [2.75, 3.05) is 5.32 Å². The van der Waals surface area contributed by atoms with Crippen molar-refractivity contribution in [2.45, 2.75) is 39.1 Å². The van der Waals surface area contributed by atoms with Gasteiger partial charge in [-0.3, -0.25) is 4.40 Å². The molecule has 1 amide bonds. The normalized spacial score (nSPS) is 12.2. The Hall–Kier alpha value is -3.89. The zero-order valence-corrected chi connectivity index (χ0v) is 18.1. The van der Waals surface area contributed by atoms with Gasteiger partial charge in [-0.15, -0.1) is 10.2 Å². The summed E-state index contributed by atoms with van der Waals surface area (Å²) in [4.78, 5) is 16.3. The van der Waals surface area contributed by atoms with Gasteiger partial charge < -0.3 is 15.4 Å². The number of fused-ring (bicyclic) bond motifs is 3. The van der Waals surface area contributed by atoms with E-state index < -0.39 is 23.7 Å². The number of rotatable bonds is 4. The molecular weight excluding hydrogens is 437 g/mol.